The lowest BCUT2D eigenvalue weighted by Crippen LogP contribution is -2.21. The maximum Gasteiger partial charge on any atom is 0.282 e. The molecule has 0 saturated heterocycles. The molecular weight excluding hydrogens is 358 g/mol. The minimum atomic E-state index is -0.167. The van der Waals surface area contributed by atoms with Gasteiger partial charge in [-0.2, -0.15) is 10.2 Å². The highest BCUT2D eigenvalue weighted by molar-refractivity contribution is 9.10. The molecule has 0 fully saturated rings. The number of hydrogen-bond donors (Lipinski definition) is 1. The average Bonchev–Trinajstić information content (AvgIpc) is 3.06. The van der Waals surface area contributed by atoms with Crippen LogP contribution in [0.3, 0.4) is 0 Å². The van der Waals surface area contributed by atoms with Crippen LogP contribution in [0.4, 0.5) is 5.69 Å². The lowest BCUT2D eigenvalue weighted by Gasteiger charge is -2.12. The van der Waals surface area contributed by atoms with E-state index in [0.29, 0.717) is 23.2 Å². The van der Waals surface area contributed by atoms with Crippen LogP contribution in [0.25, 0.3) is 0 Å². The van der Waals surface area contributed by atoms with Crippen LogP contribution >= 0.6 is 15.9 Å². The van der Waals surface area contributed by atoms with Crippen molar-refractivity contribution in [1.82, 2.24) is 19.6 Å². The summed E-state index contributed by atoms with van der Waals surface area (Å²) in [6, 6.07) is 10.1. The fourth-order valence-electron chi connectivity index (χ4n) is 2.28. The second-order valence-electron chi connectivity index (χ2n) is 5.13. The molecule has 6 nitrogen and oxygen atoms in total. The first-order valence-electron chi connectivity index (χ1n) is 7.15. The molecule has 0 spiro atoms. The second-order valence-corrected chi connectivity index (χ2v) is 5.92. The first-order chi connectivity index (χ1) is 11.1. The summed E-state index contributed by atoms with van der Waals surface area (Å²) in [6.45, 7) is 1.31. The Morgan fingerprint density at radius 3 is 2.70 bits per heavy atom. The van der Waals surface area contributed by atoms with Gasteiger partial charge < -0.3 is 5.32 Å². The summed E-state index contributed by atoms with van der Waals surface area (Å²) in [5.41, 5.74) is 2.84. The number of anilines is 1. The maximum atomic E-state index is 11.9. The van der Waals surface area contributed by atoms with Crippen molar-refractivity contribution in [2.24, 2.45) is 7.05 Å². The van der Waals surface area contributed by atoms with Crippen molar-refractivity contribution in [2.45, 2.75) is 13.1 Å². The molecule has 0 amide bonds. The van der Waals surface area contributed by atoms with E-state index in [-0.39, 0.29) is 5.56 Å². The van der Waals surface area contributed by atoms with Crippen LogP contribution in [-0.2, 0) is 20.1 Å². The molecule has 2 heterocycles. The third kappa shape index (κ3) is 3.50. The van der Waals surface area contributed by atoms with Crippen LogP contribution in [0.2, 0.25) is 0 Å². The zero-order valence-electron chi connectivity index (χ0n) is 12.6. The number of nitrogens with zero attached hydrogens (tertiary/aromatic N) is 4. The van der Waals surface area contributed by atoms with Gasteiger partial charge in [0.05, 0.1) is 18.4 Å². The number of aromatic nitrogens is 4. The van der Waals surface area contributed by atoms with Crippen molar-refractivity contribution in [1.29, 1.82) is 0 Å². The highest BCUT2D eigenvalue weighted by atomic mass is 79.9. The number of aryl methyl sites for hydroxylation is 1. The minimum Gasteiger partial charge on any atom is -0.379 e. The number of rotatable bonds is 5. The first-order valence-corrected chi connectivity index (χ1v) is 7.94. The highest BCUT2D eigenvalue weighted by Crippen LogP contribution is 2.18. The van der Waals surface area contributed by atoms with Crippen LogP contribution in [0.1, 0.15) is 11.1 Å². The van der Waals surface area contributed by atoms with Gasteiger partial charge in [0.2, 0.25) is 0 Å². The maximum absolute atomic E-state index is 11.9. The molecule has 23 heavy (non-hydrogen) atoms. The van der Waals surface area contributed by atoms with Gasteiger partial charge in [-0.1, -0.05) is 24.3 Å². The fraction of sp³-hybridized carbons (Fsp3) is 0.188. The average molecular weight is 374 g/mol. The molecule has 3 aromatic rings. The Morgan fingerprint density at radius 1 is 1.17 bits per heavy atom. The zero-order valence-corrected chi connectivity index (χ0v) is 14.2. The van der Waals surface area contributed by atoms with E-state index < -0.39 is 0 Å². The summed E-state index contributed by atoms with van der Waals surface area (Å²) < 4.78 is 3.66. The Hall–Kier alpha value is -2.41. The largest absolute Gasteiger partial charge is 0.379 e. The van der Waals surface area contributed by atoms with Gasteiger partial charge in [-0.3, -0.25) is 9.48 Å². The Morgan fingerprint density at radius 2 is 1.96 bits per heavy atom. The molecule has 118 valence electrons. The molecule has 0 radical (unpaired) electrons. The van der Waals surface area contributed by atoms with Crippen molar-refractivity contribution >= 4 is 21.6 Å². The number of halogens is 1. The normalized spacial score (nSPS) is 10.7. The van der Waals surface area contributed by atoms with Gasteiger partial charge in [-0.05, 0) is 33.1 Å². The molecule has 0 saturated carbocycles. The van der Waals surface area contributed by atoms with Crippen LogP contribution < -0.4 is 10.9 Å². The van der Waals surface area contributed by atoms with Crippen LogP contribution in [0.5, 0.6) is 0 Å². The number of hydrogen-bond acceptors (Lipinski definition) is 4. The first kappa shape index (κ1) is 15.5. The third-order valence-electron chi connectivity index (χ3n) is 3.56. The van der Waals surface area contributed by atoms with E-state index in [4.69, 9.17) is 0 Å². The Balaban J connectivity index is 1.79. The number of nitrogens with one attached hydrogen (secondary N) is 1. The Labute approximate surface area is 141 Å². The smallest absolute Gasteiger partial charge is 0.282 e. The molecule has 0 aliphatic carbocycles. The highest BCUT2D eigenvalue weighted by Gasteiger charge is 2.08. The molecule has 3 rings (SSSR count). The molecule has 7 heteroatoms. The summed E-state index contributed by atoms with van der Waals surface area (Å²) >= 11 is 3.32. The Kier molecular flexibility index (Phi) is 4.57. The molecule has 0 atom stereocenters. The van der Waals surface area contributed by atoms with Crippen LogP contribution in [-0.4, -0.2) is 19.6 Å². The van der Waals surface area contributed by atoms with Gasteiger partial charge in [0.15, 0.2) is 0 Å². The lowest BCUT2D eigenvalue weighted by atomic mass is 10.1. The predicted molar refractivity (Wildman–Crippen MR) is 92.3 cm³/mol. The SMILES string of the molecule is Cn1ncc(NCc2ccccc2Cn2cccn2)c(Br)c1=O. The van der Waals surface area contributed by atoms with Crippen molar-refractivity contribution < 1.29 is 0 Å². The van der Waals surface area contributed by atoms with E-state index in [2.05, 4.69) is 43.6 Å². The lowest BCUT2D eigenvalue weighted by molar-refractivity contribution is 0.681. The van der Waals surface area contributed by atoms with Crippen molar-refractivity contribution in [3.63, 3.8) is 0 Å². The molecule has 0 aliphatic rings. The van der Waals surface area contributed by atoms with Gasteiger partial charge in [0.25, 0.3) is 5.56 Å². The molecule has 1 N–H and O–H groups in total. The van der Waals surface area contributed by atoms with E-state index in [1.807, 2.05) is 29.1 Å². The van der Waals surface area contributed by atoms with Gasteiger partial charge in [0, 0.05) is 26.0 Å². The van der Waals surface area contributed by atoms with E-state index >= 15 is 0 Å². The molecule has 0 aliphatic heterocycles. The molecular formula is C16H16BrN5O. The molecule has 0 unspecified atom stereocenters. The summed E-state index contributed by atoms with van der Waals surface area (Å²) in [4.78, 5) is 11.9. The fourth-order valence-corrected chi connectivity index (χ4v) is 2.78. The van der Waals surface area contributed by atoms with E-state index in [9.17, 15) is 4.79 Å². The van der Waals surface area contributed by atoms with E-state index in [1.54, 1.807) is 19.4 Å². The molecule has 0 bridgehead atoms. The monoisotopic (exact) mass is 373 g/mol. The second kappa shape index (κ2) is 6.78. The van der Waals surface area contributed by atoms with Gasteiger partial charge in [-0.25, -0.2) is 4.68 Å². The van der Waals surface area contributed by atoms with Crippen molar-refractivity contribution in [3.8, 4) is 0 Å². The summed E-state index contributed by atoms with van der Waals surface area (Å²) in [7, 11) is 1.62. The summed E-state index contributed by atoms with van der Waals surface area (Å²) in [5, 5.41) is 11.5. The van der Waals surface area contributed by atoms with Gasteiger partial charge >= 0.3 is 0 Å². The van der Waals surface area contributed by atoms with Gasteiger partial charge in [0.1, 0.15) is 4.47 Å². The third-order valence-corrected chi connectivity index (χ3v) is 4.32. The minimum absolute atomic E-state index is 0.167. The van der Waals surface area contributed by atoms with Crippen LogP contribution in [0.15, 0.2) is 58.2 Å². The van der Waals surface area contributed by atoms with Crippen molar-refractivity contribution in [2.75, 3.05) is 5.32 Å². The van der Waals surface area contributed by atoms with E-state index in [1.165, 1.54) is 10.2 Å². The molecule has 2 aromatic heterocycles. The molecule has 1 aromatic carbocycles. The summed E-state index contributed by atoms with van der Waals surface area (Å²) in [6.07, 6.45) is 5.34. The van der Waals surface area contributed by atoms with Crippen LogP contribution in [0, 0.1) is 0 Å². The topological polar surface area (TPSA) is 64.7 Å². The van der Waals surface area contributed by atoms with Crippen molar-refractivity contribution in [3.05, 3.63) is 74.9 Å². The zero-order chi connectivity index (χ0) is 16.2. The number of benzene rings is 1. The van der Waals surface area contributed by atoms with Gasteiger partial charge in [-0.15, -0.1) is 0 Å². The summed E-state index contributed by atoms with van der Waals surface area (Å²) in [5.74, 6) is 0. The quantitative estimate of drug-likeness (QED) is 0.745. The van der Waals surface area contributed by atoms with E-state index in [0.717, 1.165) is 5.56 Å². The predicted octanol–water partition coefficient (Wildman–Crippen LogP) is 2.40. The standard InChI is InChI=1S/C16H16BrN5O/c1-21-16(23)15(17)14(10-20-21)18-9-12-5-2-3-6-13(12)11-22-8-4-7-19-22/h2-8,10,18H,9,11H2,1H3. The Bertz CT molecular complexity index is 857.